The number of amides is 1. The molecule has 2 aromatic rings. The summed E-state index contributed by atoms with van der Waals surface area (Å²) in [5, 5.41) is 2.08. The summed E-state index contributed by atoms with van der Waals surface area (Å²) < 4.78 is 0. The third kappa shape index (κ3) is 3.86. The highest BCUT2D eigenvalue weighted by Gasteiger charge is 2.22. The van der Waals surface area contributed by atoms with Crippen molar-refractivity contribution >= 4 is 23.1 Å². The number of anilines is 1. The number of nitrogens with zero attached hydrogens (tertiary/aromatic N) is 5. The maximum atomic E-state index is 12.5. The van der Waals surface area contributed by atoms with Gasteiger partial charge in [-0.3, -0.25) is 9.69 Å². The molecule has 3 heterocycles. The van der Waals surface area contributed by atoms with Crippen LogP contribution in [0.25, 0.3) is 0 Å². The first kappa shape index (κ1) is 15.9. The topological polar surface area (TPSA) is 52.6 Å². The molecule has 0 radical (unpaired) electrons. The number of aromatic nitrogens is 2. The summed E-state index contributed by atoms with van der Waals surface area (Å²) >= 11 is 1.62. The van der Waals surface area contributed by atoms with E-state index in [2.05, 4.69) is 20.2 Å². The predicted molar refractivity (Wildman–Crippen MR) is 91.9 cm³/mol. The molecule has 1 saturated heterocycles. The zero-order valence-electron chi connectivity index (χ0n) is 13.5. The lowest BCUT2D eigenvalue weighted by atomic mass is 10.2. The van der Waals surface area contributed by atoms with E-state index in [1.807, 2.05) is 41.5 Å². The lowest BCUT2D eigenvalue weighted by molar-refractivity contribution is 0.0627. The lowest BCUT2D eigenvalue weighted by Crippen LogP contribution is -2.48. The summed E-state index contributed by atoms with van der Waals surface area (Å²) in [6.45, 7) is 4.13. The molecule has 0 spiro atoms. The van der Waals surface area contributed by atoms with Crippen LogP contribution in [0.5, 0.6) is 0 Å². The molecular formula is C16H21N5OS. The van der Waals surface area contributed by atoms with Gasteiger partial charge in [-0.1, -0.05) is 0 Å². The number of rotatable bonds is 4. The number of carbonyl (C=O) groups excluding carboxylic acids is 1. The molecule has 0 atom stereocenters. The molecule has 0 bridgehead atoms. The molecule has 7 heteroatoms. The number of piperazine rings is 1. The van der Waals surface area contributed by atoms with Gasteiger partial charge in [0, 0.05) is 58.4 Å². The van der Waals surface area contributed by atoms with E-state index in [4.69, 9.17) is 0 Å². The number of hydrogen-bond donors (Lipinski definition) is 0. The summed E-state index contributed by atoms with van der Waals surface area (Å²) in [5.41, 5.74) is 3.63. The van der Waals surface area contributed by atoms with Gasteiger partial charge in [-0.2, -0.15) is 0 Å². The van der Waals surface area contributed by atoms with Crippen molar-refractivity contribution in [3.63, 3.8) is 0 Å². The molecule has 1 amide bonds. The van der Waals surface area contributed by atoms with Gasteiger partial charge in [-0.15, -0.1) is 11.3 Å². The number of carbonyl (C=O) groups is 1. The Morgan fingerprint density at radius 2 is 2.00 bits per heavy atom. The molecule has 6 nitrogen and oxygen atoms in total. The highest BCUT2D eigenvalue weighted by molar-refractivity contribution is 7.07. The maximum Gasteiger partial charge on any atom is 0.255 e. The van der Waals surface area contributed by atoms with Crippen LogP contribution in [0.4, 0.5) is 5.82 Å². The quantitative estimate of drug-likeness (QED) is 0.851. The molecule has 2 aromatic heterocycles. The minimum absolute atomic E-state index is 0.0658. The first-order valence-electron chi connectivity index (χ1n) is 7.65. The smallest absolute Gasteiger partial charge is 0.255 e. The summed E-state index contributed by atoms with van der Waals surface area (Å²) in [7, 11) is 3.87. The van der Waals surface area contributed by atoms with Crippen LogP contribution in [0.1, 0.15) is 16.1 Å². The van der Waals surface area contributed by atoms with Crippen molar-refractivity contribution < 1.29 is 4.79 Å². The van der Waals surface area contributed by atoms with E-state index in [1.54, 1.807) is 17.5 Å². The molecule has 122 valence electrons. The van der Waals surface area contributed by atoms with Gasteiger partial charge in [0.1, 0.15) is 5.82 Å². The van der Waals surface area contributed by atoms with Crippen molar-refractivity contribution in [2.45, 2.75) is 6.54 Å². The van der Waals surface area contributed by atoms with Crippen LogP contribution in [0.15, 0.2) is 29.2 Å². The predicted octanol–water partition coefficient (Wildman–Crippen LogP) is 1.56. The average Bonchev–Trinajstić information content (AvgIpc) is 3.08. The monoisotopic (exact) mass is 331 g/mol. The van der Waals surface area contributed by atoms with Gasteiger partial charge in [-0.05, 0) is 12.1 Å². The zero-order chi connectivity index (χ0) is 16.2. The molecule has 0 aromatic carbocycles. The van der Waals surface area contributed by atoms with Gasteiger partial charge in [0.15, 0.2) is 0 Å². The second-order valence-corrected chi connectivity index (χ2v) is 6.57. The number of hydrogen-bond acceptors (Lipinski definition) is 6. The van der Waals surface area contributed by atoms with Crippen molar-refractivity contribution in [3.8, 4) is 0 Å². The molecule has 0 N–H and O–H groups in total. The normalized spacial score (nSPS) is 15.7. The molecule has 1 aliphatic heterocycles. The molecular weight excluding hydrogens is 310 g/mol. The lowest BCUT2D eigenvalue weighted by Gasteiger charge is -2.34. The van der Waals surface area contributed by atoms with Crippen LogP contribution in [-0.2, 0) is 6.54 Å². The Morgan fingerprint density at radius 3 is 2.57 bits per heavy atom. The second-order valence-electron chi connectivity index (χ2n) is 5.85. The summed E-state index contributed by atoms with van der Waals surface area (Å²) in [6.07, 6.45) is 1.67. The first-order chi connectivity index (χ1) is 11.1. The Kier molecular flexibility index (Phi) is 4.88. The summed E-state index contributed by atoms with van der Waals surface area (Å²) in [5.74, 6) is 0.922. The van der Waals surface area contributed by atoms with Crippen LogP contribution < -0.4 is 4.90 Å². The van der Waals surface area contributed by atoms with E-state index in [0.717, 1.165) is 44.2 Å². The highest BCUT2D eigenvalue weighted by atomic mass is 32.1. The third-order valence-electron chi connectivity index (χ3n) is 3.98. The molecule has 3 rings (SSSR count). The average molecular weight is 331 g/mol. The Hall–Kier alpha value is -1.99. The van der Waals surface area contributed by atoms with Gasteiger partial charge in [0.25, 0.3) is 5.91 Å². The Labute approximate surface area is 140 Å². The van der Waals surface area contributed by atoms with E-state index in [9.17, 15) is 4.79 Å². The van der Waals surface area contributed by atoms with Crippen LogP contribution in [0, 0.1) is 0 Å². The van der Waals surface area contributed by atoms with E-state index >= 15 is 0 Å². The summed E-state index contributed by atoms with van der Waals surface area (Å²) in [4.78, 5) is 27.4. The number of thiazole rings is 1. The van der Waals surface area contributed by atoms with Crippen LogP contribution in [0.2, 0.25) is 0 Å². The molecule has 1 fully saturated rings. The van der Waals surface area contributed by atoms with Crippen LogP contribution in [0.3, 0.4) is 0 Å². The Bertz CT molecular complexity index is 633. The fraction of sp³-hybridized carbons (Fsp3) is 0.438. The second kappa shape index (κ2) is 7.06. The highest BCUT2D eigenvalue weighted by Crippen LogP contribution is 2.13. The maximum absolute atomic E-state index is 12.5. The zero-order valence-corrected chi connectivity index (χ0v) is 14.3. The molecule has 0 aliphatic carbocycles. The Morgan fingerprint density at radius 1 is 1.22 bits per heavy atom. The van der Waals surface area contributed by atoms with Gasteiger partial charge in [-0.25, -0.2) is 9.97 Å². The SMILES string of the molecule is CN(C)c1ccc(C(=O)N2CCN(Cc3cscn3)CC2)cn1. The van der Waals surface area contributed by atoms with Gasteiger partial charge in [0.05, 0.1) is 16.8 Å². The standard InChI is InChI=1S/C16H21N5OS/c1-19(2)15-4-3-13(9-17-15)16(22)21-7-5-20(6-8-21)10-14-11-23-12-18-14/h3-4,9,11-12H,5-8,10H2,1-2H3. The fourth-order valence-corrected chi connectivity index (χ4v) is 3.16. The van der Waals surface area contributed by atoms with Gasteiger partial charge >= 0.3 is 0 Å². The minimum atomic E-state index is 0.0658. The van der Waals surface area contributed by atoms with E-state index in [0.29, 0.717) is 5.56 Å². The fourth-order valence-electron chi connectivity index (χ4n) is 2.61. The minimum Gasteiger partial charge on any atom is -0.363 e. The van der Waals surface area contributed by atoms with Crippen molar-refractivity contribution in [2.75, 3.05) is 45.2 Å². The molecule has 0 unspecified atom stereocenters. The number of pyridine rings is 1. The van der Waals surface area contributed by atoms with Crippen molar-refractivity contribution in [3.05, 3.63) is 40.5 Å². The summed E-state index contributed by atoms with van der Waals surface area (Å²) in [6, 6.07) is 3.73. The first-order valence-corrected chi connectivity index (χ1v) is 8.60. The van der Waals surface area contributed by atoms with Gasteiger partial charge < -0.3 is 9.80 Å². The van der Waals surface area contributed by atoms with Gasteiger partial charge in [0.2, 0.25) is 0 Å². The third-order valence-corrected chi connectivity index (χ3v) is 4.62. The Balaban J connectivity index is 1.55. The van der Waals surface area contributed by atoms with Crippen molar-refractivity contribution in [2.24, 2.45) is 0 Å². The largest absolute Gasteiger partial charge is 0.363 e. The molecule has 0 saturated carbocycles. The van der Waals surface area contributed by atoms with Crippen molar-refractivity contribution in [1.82, 2.24) is 19.8 Å². The van der Waals surface area contributed by atoms with Crippen molar-refractivity contribution in [1.29, 1.82) is 0 Å². The molecule has 23 heavy (non-hydrogen) atoms. The van der Waals surface area contributed by atoms with Crippen LogP contribution >= 0.6 is 11.3 Å². The van der Waals surface area contributed by atoms with E-state index < -0.39 is 0 Å². The molecule has 1 aliphatic rings. The van der Waals surface area contributed by atoms with Crippen LogP contribution in [-0.4, -0.2) is 65.9 Å². The van der Waals surface area contributed by atoms with E-state index in [-0.39, 0.29) is 5.91 Å². The van der Waals surface area contributed by atoms with E-state index in [1.165, 1.54) is 0 Å².